The second-order valence-electron chi connectivity index (χ2n) is 7.65. The zero-order valence-corrected chi connectivity index (χ0v) is 18.0. The van der Waals surface area contributed by atoms with Crippen LogP contribution in [0.15, 0.2) is 21.2 Å². The summed E-state index contributed by atoms with van der Waals surface area (Å²) in [6, 6.07) is 1.99. The topological polar surface area (TPSA) is 114 Å². The van der Waals surface area contributed by atoms with Crippen LogP contribution in [0.4, 0.5) is 13.2 Å². The van der Waals surface area contributed by atoms with E-state index in [1.165, 1.54) is 11.1 Å². The number of hydrogen-bond acceptors (Lipinski definition) is 7. The van der Waals surface area contributed by atoms with E-state index in [4.69, 9.17) is 18.8 Å². The van der Waals surface area contributed by atoms with E-state index in [1.807, 2.05) is 26.1 Å². The summed E-state index contributed by atoms with van der Waals surface area (Å²) in [7, 11) is 0. The molecule has 2 N–H and O–H groups in total. The van der Waals surface area contributed by atoms with Crippen molar-refractivity contribution < 1.29 is 32.0 Å². The normalized spacial score (nSPS) is 13.5. The molecule has 0 saturated heterocycles. The van der Waals surface area contributed by atoms with Gasteiger partial charge in [0.25, 0.3) is 5.89 Å². The summed E-state index contributed by atoms with van der Waals surface area (Å²) >= 11 is 0. The van der Waals surface area contributed by atoms with Gasteiger partial charge in [-0.25, -0.2) is 4.79 Å². The van der Waals surface area contributed by atoms with Crippen molar-refractivity contribution in [1.82, 2.24) is 20.4 Å². The Balaban J connectivity index is 0.000000360. The molecule has 0 atom stereocenters. The standard InChI is InChI=1S/C19H22N4O2.C2HF3O2/c1-10(2)16-7-15(12(4)24-16)19-22-18(23-25-19)17-11(3)21-9-13-8-20-6-5-14(13)17;3-2(4,5)1(6)7/h7,9-10,20H,5-6,8H2,1-4H3;(H,6,7). The van der Waals surface area contributed by atoms with Gasteiger partial charge in [0.15, 0.2) is 0 Å². The van der Waals surface area contributed by atoms with Crippen molar-refractivity contribution in [3.05, 3.63) is 40.6 Å². The summed E-state index contributed by atoms with van der Waals surface area (Å²) in [6.07, 6.45) is -2.20. The molecule has 4 rings (SSSR count). The first-order valence-corrected chi connectivity index (χ1v) is 9.92. The highest BCUT2D eigenvalue weighted by Crippen LogP contribution is 2.33. The van der Waals surface area contributed by atoms with Crippen LogP contribution in [0.1, 0.15) is 48.1 Å². The number of halogens is 3. The van der Waals surface area contributed by atoms with Crippen molar-refractivity contribution in [3.8, 4) is 22.8 Å². The van der Waals surface area contributed by atoms with E-state index < -0.39 is 12.1 Å². The second-order valence-corrected chi connectivity index (χ2v) is 7.65. The molecule has 32 heavy (non-hydrogen) atoms. The number of hydrogen-bond donors (Lipinski definition) is 2. The molecule has 172 valence electrons. The highest BCUT2D eigenvalue weighted by Gasteiger charge is 2.38. The van der Waals surface area contributed by atoms with Gasteiger partial charge in [-0.1, -0.05) is 19.0 Å². The van der Waals surface area contributed by atoms with Crippen LogP contribution in [-0.4, -0.2) is 38.9 Å². The molecule has 4 heterocycles. The number of aliphatic carboxylic acids is 1. The van der Waals surface area contributed by atoms with Gasteiger partial charge in [-0.05, 0) is 44.0 Å². The molecular formula is C21H23F3N4O4. The van der Waals surface area contributed by atoms with Gasteiger partial charge in [-0.3, -0.25) is 4.98 Å². The molecule has 0 fully saturated rings. The Kier molecular flexibility index (Phi) is 6.68. The van der Waals surface area contributed by atoms with Crippen molar-refractivity contribution in [2.45, 2.75) is 52.8 Å². The molecule has 1 aliphatic heterocycles. The number of nitrogens with one attached hydrogen (secondary N) is 1. The Hall–Kier alpha value is -3.21. The number of furan rings is 1. The minimum Gasteiger partial charge on any atom is -0.475 e. The van der Waals surface area contributed by atoms with E-state index in [2.05, 4.69) is 34.3 Å². The number of carbonyl (C=O) groups is 1. The third-order valence-corrected chi connectivity index (χ3v) is 4.96. The third-order valence-electron chi connectivity index (χ3n) is 4.96. The molecule has 0 aromatic carbocycles. The fourth-order valence-electron chi connectivity index (χ4n) is 3.30. The van der Waals surface area contributed by atoms with E-state index >= 15 is 0 Å². The number of aryl methyl sites for hydroxylation is 2. The summed E-state index contributed by atoms with van der Waals surface area (Å²) in [5, 5.41) is 14.7. The molecular weight excluding hydrogens is 429 g/mol. The van der Waals surface area contributed by atoms with E-state index in [-0.39, 0.29) is 0 Å². The number of carboxylic acid groups (broad SMARTS) is 1. The molecule has 8 nitrogen and oxygen atoms in total. The zero-order chi connectivity index (χ0) is 23.6. The van der Waals surface area contributed by atoms with E-state index in [1.54, 1.807) is 0 Å². The maximum atomic E-state index is 10.6. The van der Waals surface area contributed by atoms with Crippen LogP contribution in [0.5, 0.6) is 0 Å². The number of pyridine rings is 1. The number of carboxylic acids is 1. The van der Waals surface area contributed by atoms with Gasteiger partial charge in [-0.15, -0.1) is 0 Å². The number of rotatable bonds is 3. The first-order chi connectivity index (χ1) is 15.0. The van der Waals surface area contributed by atoms with Crippen LogP contribution in [0.2, 0.25) is 0 Å². The zero-order valence-electron chi connectivity index (χ0n) is 18.0. The summed E-state index contributed by atoms with van der Waals surface area (Å²) < 4.78 is 43.1. The van der Waals surface area contributed by atoms with E-state index in [0.717, 1.165) is 47.9 Å². The van der Waals surface area contributed by atoms with Gasteiger partial charge in [-0.2, -0.15) is 18.2 Å². The Bertz CT molecular complexity index is 1120. The molecule has 11 heteroatoms. The highest BCUT2D eigenvalue weighted by atomic mass is 19.4. The quantitative estimate of drug-likeness (QED) is 0.601. The molecule has 3 aromatic rings. The molecule has 0 unspecified atom stereocenters. The van der Waals surface area contributed by atoms with Crippen LogP contribution >= 0.6 is 0 Å². The molecule has 0 aliphatic carbocycles. The number of alkyl halides is 3. The average molecular weight is 452 g/mol. The van der Waals surface area contributed by atoms with Crippen LogP contribution in [-0.2, 0) is 17.8 Å². The summed E-state index contributed by atoms with van der Waals surface area (Å²) in [6.45, 7) is 9.90. The van der Waals surface area contributed by atoms with Gasteiger partial charge in [0.05, 0.1) is 5.56 Å². The Morgan fingerprint density at radius 2 is 1.97 bits per heavy atom. The lowest BCUT2D eigenvalue weighted by molar-refractivity contribution is -0.192. The average Bonchev–Trinajstić information content (AvgIpc) is 3.34. The molecule has 1 aliphatic rings. The minimum atomic E-state index is -5.08. The first kappa shape index (κ1) is 23.5. The molecule has 0 saturated carbocycles. The maximum Gasteiger partial charge on any atom is 0.490 e. The van der Waals surface area contributed by atoms with Gasteiger partial charge in [0, 0.05) is 29.9 Å². The molecule has 0 spiro atoms. The Morgan fingerprint density at radius 1 is 1.28 bits per heavy atom. The molecule has 3 aromatic heterocycles. The van der Waals surface area contributed by atoms with E-state index in [0.29, 0.717) is 17.6 Å². The fourth-order valence-corrected chi connectivity index (χ4v) is 3.30. The highest BCUT2D eigenvalue weighted by molar-refractivity contribution is 5.73. The van der Waals surface area contributed by atoms with Crippen LogP contribution in [0.25, 0.3) is 22.8 Å². The maximum absolute atomic E-state index is 10.6. The van der Waals surface area contributed by atoms with Gasteiger partial charge in [0.1, 0.15) is 11.5 Å². The lowest BCUT2D eigenvalue weighted by atomic mass is 9.95. The van der Waals surface area contributed by atoms with Crippen molar-refractivity contribution in [2.75, 3.05) is 6.54 Å². The number of aromatic nitrogens is 3. The predicted molar refractivity (Wildman–Crippen MR) is 108 cm³/mol. The Labute approximate surface area is 181 Å². The minimum absolute atomic E-state index is 0.315. The van der Waals surface area contributed by atoms with Crippen molar-refractivity contribution in [1.29, 1.82) is 0 Å². The van der Waals surface area contributed by atoms with E-state index in [9.17, 15) is 13.2 Å². The largest absolute Gasteiger partial charge is 0.490 e. The van der Waals surface area contributed by atoms with Crippen LogP contribution in [0, 0.1) is 13.8 Å². The SMILES string of the molecule is Cc1ncc2c(c1-c1noc(-c3cc(C(C)C)oc3C)n1)CCNC2.O=C(O)C(F)(F)F. The lowest BCUT2D eigenvalue weighted by Crippen LogP contribution is -2.24. The predicted octanol–water partition coefficient (Wildman–Crippen LogP) is 4.41. The van der Waals surface area contributed by atoms with Crippen LogP contribution < -0.4 is 5.32 Å². The third kappa shape index (κ3) is 4.98. The van der Waals surface area contributed by atoms with Crippen LogP contribution in [0.3, 0.4) is 0 Å². The van der Waals surface area contributed by atoms with Crippen molar-refractivity contribution >= 4 is 5.97 Å². The lowest BCUT2D eigenvalue weighted by Gasteiger charge is -2.19. The number of fused-ring (bicyclic) bond motifs is 1. The van der Waals surface area contributed by atoms with Gasteiger partial charge >= 0.3 is 12.1 Å². The Morgan fingerprint density at radius 3 is 2.56 bits per heavy atom. The summed E-state index contributed by atoms with van der Waals surface area (Å²) in [5.41, 5.74) is 5.27. The summed E-state index contributed by atoms with van der Waals surface area (Å²) in [5.74, 6) is 0.378. The monoisotopic (exact) mass is 452 g/mol. The molecule has 0 bridgehead atoms. The first-order valence-electron chi connectivity index (χ1n) is 9.92. The molecule has 0 amide bonds. The fraction of sp³-hybridized carbons (Fsp3) is 0.429. The number of nitrogens with zero attached hydrogens (tertiary/aromatic N) is 3. The smallest absolute Gasteiger partial charge is 0.475 e. The summed E-state index contributed by atoms with van der Waals surface area (Å²) in [4.78, 5) is 18.1. The van der Waals surface area contributed by atoms with Crippen molar-refractivity contribution in [3.63, 3.8) is 0 Å². The van der Waals surface area contributed by atoms with Gasteiger partial charge in [0.2, 0.25) is 5.82 Å². The molecule has 0 radical (unpaired) electrons. The van der Waals surface area contributed by atoms with Gasteiger partial charge < -0.3 is 19.4 Å². The van der Waals surface area contributed by atoms with Crippen molar-refractivity contribution in [2.24, 2.45) is 0 Å². The second kappa shape index (κ2) is 9.11.